The predicted octanol–water partition coefficient (Wildman–Crippen LogP) is 2.53. The Labute approximate surface area is 167 Å². The van der Waals surface area contributed by atoms with Crippen molar-refractivity contribution in [1.82, 2.24) is 5.32 Å². The number of sulfone groups is 1. The zero-order valence-corrected chi connectivity index (χ0v) is 17.3. The second-order valence-corrected chi connectivity index (χ2v) is 10.2. The molecule has 2 aromatic carbocycles. The summed E-state index contributed by atoms with van der Waals surface area (Å²) in [6.45, 7) is 4.86. The number of hydrogen-bond donors (Lipinski definition) is 2. The summed E-state index contributed by atoms with van der Waals surface area (Å²) in [5, 5.41) is 13.2. The van der Waals surface area contributed by atoms with Gasteiger partial charge in [-0.05, 0) is 29.7 Å². The van der Waals surface area contributed by atoms with E-state index in [0.717, 1.165) is 0 Å². The third-order valence-corrected chi connectivity index (χ3v) is 7.16. The second kappa shape index (κ2) is 8.64. The summed E-state index contributed by atoms with van der Waals surface area (Å²) in [7, 11) is -2.91. The molecule has 1 fully saturated rings. The van der Waals surface area contributed by atoms with Crippen molar-refractivity contribution in [2.75, 3.05) is 24.7 Å². The monoisotopic (exact) mass is 403 g/mol. The van der Waals surface area contributed by atoms with E-state index >= 15 is 0 Å². The van der Waals surface area contributed by atoms with E-state index in [9.17, 15) is 13.5 Å². The molecule has 2 aromatic rings. The fraction of sp³-hybridized carbons (Fsp3) is 0.455. The summed E-state index contributed by atoms with van der Waals surface area (Å²) in [6, 6.07) is 18.2. The average molecular weight is 404 g/mol. The van der Waals surface area contributed by atoms with Gasteiger partial charge in [0.1, 0.15) is 18.5 Å². The minimum absolute atomic E-state index is 0.0702. The van der Waals surface area contributed by atoms with Gasteiger partial charge in [0.2, 0.25) is 0 Å². The molecule has 0 radical (unpaired) electrons. The number of hydrogen-bond acceptors (Lipinski definition) is 5. The van der Waals surface area contributed by atoms with Crippen LogP contribution in [0.25, 0.3) is 0 Å². The van der Waals surface area contributed by atoms with E-state index in [1.165, 1.54) is 11.1 Å². The summed E-state index contributed by atoms with van der Waals surface area (Å²) in [4.78, 5) is 0. The van der Waals surface area contributed by atoms with Crippen molar-refractivity contribution in [1.29, 1.82) is 0 Å². The maximum Gasteiger partial charge on any atom is 0.151 e. The molecule has 0 bridgehead atoms. The second-order valence-electron chi connectivity index (χ2n) is 7.99. The molecule has 1 aliphatic rings. The van der Waals surface area contributed by atoms with Gasteiger partial charge in [0.05, 0.1) is 11.5 Å². The van der Waals surface area contributed by atoms with Crippen LogP contribution in [0.3, 0.4) is 0 Å². The SMILES string of the molecule is CC(C)(c1ccccc1)c1ccc(OC[C@@H](O)CN[C@@H]2CCS(=O)(=O)C2)cc1. The molecule has 1 heterocycles. The zero-order chi connectivity index (χ0) is 20.2. The first kappa shape index (κ1) is 20.8. The highest BCUT2D eigenvalue weighted by Gasteiger charge is 2.27. The van der Waals surface area contributed by atoms with E-state index in [0.29, 0.717) is 18.7 Å². The molecule has 2 atom stereocenters. The quantitative estimate of drug-likeness (QED) is 0.708. The summed E-state index contributed by atoms with van der Waals surface area (Å²) >= 11 is 0. The first-order valence-electron chi connectivity index (χ1n) is 9.67. The maximum absolute atomic E-state index is 11.5. The Hall–Kier alpha value is -1.89. The Morgan fingerprint density at radius 1 is 1.11 bits per heavy atom. The van der Waals surface area contributed by atoms with E-state index in [2.05, 4.69) is 43.4 Å². The van der Waals surface area contributed by atoms with Gasteiger partial charge in [0.15, 0.2) is 9.84 Å². The first-order chi connectivity index (χ1) is 13.3. The van der Waals surface area contributed by atoms with Gasteiger partial charge in [-0.3, -0.25) is 0 Å². The molecule has 28 heavy (non-hydrogen) atoms. The molecule has 2 N–H and O–H groups in total. The Morgan fingerprint density at radius 3 is 2.36 bits per heavy atom. The zero-order valence-electron chi connectivity index (χ0n) is 16.5. The highest BCUT2D eigenvalue weighted by molar-refractivity contribution is 7.91. The van der Waals surface area contributed by atoms with Crippen LogP contribution in [0.1, 0.15) is 31.4 Å². The molecule has 5 nitrogen and oxygen atoms in total. The number of benzene rings is 2. The smallest absolute Gasteiger partial charge is 0.151 e. The van der Waals surface area contributed by atoms with Crippen LogP contribution < -0.4 is 10.1 Å². The average Bonchev–Trinajstić information content (AvgIpc) is 3.04. The Bertz CT molecular complexity index is 863. The molecule has 0 amide bonds. The van der Waals surface area contributed by atoms with Gasteiger partial charge in [-0.25, -0.2) is 8.42 Å². The minimum atomic E-state index is -2.91. The fourth-order valence-electron chi connectivity index (χ4n) is 3.50. The standard InChI is InChI=1S/C22H29NO4S/c1-22(2,17-6-4-3-5-7-17)18-8-10-21(11-9-18)27-15-20(24)14-23-19-12-13-28(25,26)16-19/h3-11,19-20,23-24H,12-16H2,1-2H3/t19-,20+/m1/s1. The number of nitrogens with one attached hydrogen (secondary N) is 1. The van der Waals surface area contributed by atoms with Crippen molar-refractivity contribution < 1.29 is 18.3 Å². The van der Waals surface area contributed by atoms with Crippen LogP contribution >= 0.6 is 0 Å². The largest absolute Gasteiger partial charge is 0.491 e. The van der Waals surface area contributed by atoms with Crippen molar-refractivity contribution in [3.63, 3.8) is 0 Å². The lowest BCUT2D eigenvalue weighted by molar-refractivity contribution is 0.104. The van der Waals surface area contributed by atoms with E-state index in [1.807, 2.05) is 30.3 Å². The van der Waals surface area contributed by atoms with Crippen molar-refractivity contribution >= 4 is 9.84 Å². The summed E-state index contributed by atoms with van der Waals surface area (Å²) in [5.74, 6) is 1.08. The van der Waals surface area contributed by atoms with Crippen LogP contribution in [0, 0.1) is 0 Å². The Kier molecular flexibility index (Phi) is 6.43. The fourth-order valence-corrected chi connectivity index (χ4v) is 5.21. The lowest BCUT2D eigenvalue weighted by atomic mass is 9.78. The topological polar surface area (TPSA) is 75.6 Å². The van der Waals surface area contributed by atoms with E-state index in [-0.39, 0.29) is 29.6 Å². The van der Waals surface area contributed by atoms with E-state index in [1.54, 1.807) is 0 Å². The van der Waals surface area contributed by atoms with Crippen LogP contribution in [0.5, 0.6) is 5.75 Å². The van der Waals surface area contributed by atoms with Crippen LogP contribution in [-0.4, -0.2) is 50.3 Å². The molecule has 1 saturated heterocycles. The lowest BCUT2D eigenvalue weighted by Crippen LogP contribution is -2.38. The summed E-state index contributed by atoms with van der Waals surface area (Å²) in [5.41, 5.74) is 2.33. The molecule has 1 aliphatic heterocycles. The van der Waals surface area contributed by atoms with Crippen LogP contribution in [0.2, 0.25) is 0 Å². The van der Waals surface area contributed by atoms with Crippen molar-refractivity contribution in [2.24, 2.45) is 0 Å². The van der Waals surface area contributed by atoms with Crippen molar-refractivity contribution in [3.8, 4) is 5.75 Å². The number of ether oxygens (including phenoxy) is 1. The van der Waals surface area contributed by atoms with Crippen LogP contribution in [-0.2, 0) is 15.3 Å². The Morgan fingerprint density at radius 2 is 1.75 bits per heavy atom. The molecular formula is C22H29NO4S. The maximum atomic E-state index is 11.5. The minimum Gasteiger partial charge on any atom is -0.491 e. The lowest BCUT2D eigenvalue weighted by Gasteiger charge is -2.26. The van der Waals surface area contributed by atoms with Gasteiger partial charge < -0.3 is 15.2 Å². The van der Waals surface area contributed by atoms with Crippen LogP contribution in [0.4, 0.5) is 0 Å². The van der Waals surface area contributed by atoms with Gasteiger partial charge in [-0.1, -0.05) is 56.3 Å². The van der Waals surface area contributed by atoms with Gasteiger partial charge in [-0.15, -0.1) is 0 Å². The predicted molar refractivity (Wildman–Crippen MR) is 112 cm³/mol. The van der Waals surface area contributed by atoms with Crippen molar-refractivity contribution in [3.05, 3.63) is 65.7 Å². The van der Waals surface area contributed by atoms with Gasteiger partial charge in [0, 0.05) is 18.0 Å². The van der Waals surface area contributed by atoms with Gasteiger partial charge in [0.25, 0.3) is 0 Å². The highest BCUT2D eigenvalue weighted by atomic mass is 32.2. The molecular weight excluding hydrogens is 374 g/mol. The molecule has 6 heteroatoms. The molecule has 152 valence electrons. The first-order valence-corrected chi connectivity index (χ1v) is 11.5. The van der Waals surface area contributed by atoms with E-state index < -0.39 is 15.9 Å². The molecule has 0 aromatic heterocycles. The number of aliphatic hydroxyl groups excluding tert-OH is 1. The Balaban J connectivity index is 1.49. The van der Waals surface area contributed by atoms with Gasteiger partial charge in [-0.2, -0.15) is 0 Å². The number of rotatable bonds is 8. The molecule has 0 spiro atoms. The normalized spacial score (nSPS) is 20.0. The third kappa shape index (κ3) is 5.34. The van der Waals surface area contributed by atoms with E-state index in [4.69, 9.17) is 4.74 Å². The molecule has 0 saturated carbocycles. The molecule has 3 rings (SSSR count). The third-order valence-electron chi connectivity index (χ3n) is 5.39. The summed E-state index contributed by atoms with van der Waals surface area (Å²) in [6.07, 6.45) is -0.0853. The highest BCUT2D eigenvalue weighted by Crippen LogP contribution is 2.32. The van der Waals surface area contributed by atoms with Gasteiger partial charge >= 0.3 is 0 Å². The van der Waals surface area contributed by atoms with Crippen LogP contribution in [0.15, 0.2) is 54.6 Å². The molecule has 0 unspecified atom stereocenters. The molecule has 0 aliphatic carbocycles. The summed E-state index contributed by atoms with van der Waals surface area (Å²) < 4.78 is 28.6. The number of aliphatic hydroxyl groups is 1. The van der Waals surface area contributed by atoms with Crippen molar-refractivity contribution in [2.45, 2.75) is 37.8 Å².